The summed E-state index contributed by atoms with van der Waals surface area (Å²) in [6.07, 6.45) is 1.48. The van der Waals surface area contributed by atoms with Crippen LogP contribution in [0, 0.1) is 13.0 Å². The van der Waals surface area contributed by atoms with Crippen LogP contribution in [0.25, 0.3) is 0 Å². The Morgan fingerprint density at radius 3 is 2.71 bits per heavy atom. The molecule has 0 amide bonds. The lowest BCUT2D eigenvalue weighted by molar-refractivity contribution is 0.600. The summed E-state index contributed by atoms with van der Waals surface area (Å²) >= 11 is 0. The number of hydrogen-bond acceptors (Lipinski definition) is 3. The normalized spacial score (nSPS) is 11.1. The molecule has 0 spiro atoms. The topological polar surface area (TPSA) is 59.1 Å². The molecule has 0 saturated heterocycles. The molecule has 1 aromatic carbocycles. The number of anilines is 1. The third-order valence-electron chi connectivity index (χ3n) is 2.23. The molecule has 4 nitrogen and oxygen atoms in total. The molecule has 2 aromatic rings. The van der Waals surface area contributed by atoms with E-state index in [1.807, 2.05) is 0 Å². The molecule has 0 bridgehead atoms. The van der Waals surface area contributed by atoms with Gasteiger partial charge in [-0.3, -0.25) is 4.72 Å². The summed E-state index contributed by atoms with van der Waals surface area (Å²) in [5.74, 6) is 0.260. The first-order valence-corrected chi connectivity index (χ1v) is 6.48. The summed E-state index contributed by atoms with van der Waals surface area (Å²) in [7, 11) is -3.58. The van der Waals surface area contributed by atoms with E-state index in [-0.39, 0.29) is 10.7 Å². The van der Waals surface area contributed by atoms with E-state index in [2.05, 4.69) is 15.8 Å². The van der Waals surface area contributed by atoms with Gasteiger partial charge in [-0.1, -0.05) is 18.2 Å². The maximum absolute atomic E-state index is 12.1. The van der Waals surface area contributed by atoms with Crippen LogP contribution >= 0.6 is 0 Å². The highest BCUT2D eigenvalue weighted by atomic mass is 32.2. The molecule has 5 heteroatoms. The third kappa shape index (κ3) is 2.62. The fourth-order valence-corrected chi connectivity index (χ4v) is 2.68. The minimum Gasteiger partial charge on any atom is -0.263 e. The molecule has 87 valence electrons. The lowest BCUT2D eigenvalue weighted by Crippen LogP contribution is -2.14. The van der Waals surface area contributed by atoms with Gasteiger partial charge in [0.25, 0.3) is 10.0 Å². The molecular weight excluding hydrogens is 236 g/mol. The molecule has 0 saturated carbocycles. The second-order valence-corrected chi connectivity index (χ2v) is 5.16. The number of pyridine rings is 1. The van der Waals surface area contributed by atoms with Gasteiger partial charge in [0.1, 0.15) is 5.82 Å². The van der Waals surface area contributed by atoms with Gasteiger partial charge in [-0.2, -0.15) is 0 Å². The standard InChI is InChI=1S/C12H11N2O2S/c1-10-6-2-3-7-11(10)17(15,16)14-12-8-4-5-9-13-12/h2-3,5-9H,1H3,(H,13,14). The Bertz CT molecular complexity index is 609. The molecule has 0 aliphatic heterocycles. The van der Waals surface area contributed by atoms with Crippen molar-refractivity contribution in [2.45, 2.75) is 11.8 Å². The van der Waals surface area contributed by atoms with Crippen LogP contribution in [0.3, 0.4) is 0 Å². The van der Waals surface area contributed by atoms with Gasteiger partial charge in [-0.25, -0.2) is 13.4 Å². The van der Waals surface area contributed by atoms with Gasteiger partial charge in [-0.15, -0.1) is 0 Å². The van der Waals surface area contributed by atoms with Crippen LogP contribution in [0.15, 0.2) is 47.5 Å². The van der Waals surface area contributed by atoms with E-state index in [4.69, 9.17) is 0 Å². The average Bonchev–Trinajstić information content (AvgIpc) is 2.30. The molecule has 0 aliphatic carbocycles. The molecule has 0 fully saturated rings. The fraction of sp³-hybridized carbons (Fsp3) is 0.0833. The third-order valence-corrected chi connectivity index (χ3v) is 3.74. The Morgan fingerprint density at radius 1 is 1.29 bits per heavy atom. The number of sulfonamides is 1. The second kappa shape index (κ2) is 4.55. The van der Waals surface area contributed by atoms with Crippen LogP contribution in [0.2, 0.25) is 0 Å². The van der Waals surface area contributed by atoms with Gasteiger partial charge < -0.3 is 0 Å². The molecule has 0 atom stereocenters. The Kier molecular flexibility index (Phi) is 3.10. The van der Waals surface area contributed by atoms with Crippen LogP contribution < -0.4 is 4.72 Å². The van der Waals surface area contributed by atoms with Crippen molar-refractivity contribution in [2.24, 2.45) is 0 Å². The van der Waals surface area contributed by atoms with Crippen LogP contribution in [-0.4, -0.2) is 13.4 Å². The van der Waals surface area contributed by atoms with Crippen molar-refractivity contribution in [1.82, 2.24) is 4.98 Å². The molecule has 1 radical (unpaired) electrons. The summed E-state index contributed by atoms with van der Waals surface area (Å²) < 4.78 is 26.5. The number of benzene rings is 1. The molecule has 1 aromatic heterocycles. The highest BCUT2D eigenvalue weighted by molar-refractivity contribution is 7.92. The van der Waals surface area contributed by atoms with Gasteiger partial charge in [0.15, 0.2) is 0 Å². The van der Waals surface area contributed by atoms with Gasteiger partial charge >= 0.3 is 0 Å². The van der Waals surface area contributed by atoms with Crippen molar-refractivity contribution in [3.05, 3.63) is 54.2 Å². The Morgan fingerprint density at radius 2 is 2.06 bits per heavy atom. The van der Waals surface area contributed by atoms with Crippen molar-refractivity contribution in [2.75, 3.05) is 4.72 Å². The zero-order valence-corrected chi connectivity index (χ0v) is 10.0. The van der Waals surface area contributed by atoms with Crippen LogP contribution in [0.4, 0.5) is 5.82 Å². The maximum atomic E-state index is 12.1. The zero-order valence-electron chi connectivity index (χ0n) is 9.21. The summed E-state index contributed by atoms with van der Waals surface area (Å²) in [6.45, 7) is 1.75. The lowest BCUT2D eigenvalue weighted by Gasteiger charge is -2.08. The van der Waals surface area contributed by atoms with Crippen LogP contribution in [0.5, 0.6) is 0 Å². The molecule has 2 rings (SSSR count). The predicted octanol–water partition coefficient (Wildman–Crippen LogP) is 1.99. The number of aryl methyl sites for hydroxylation is 1. The molecule has 1 heterocycles. The molecule has 1 N–H and O–H groups in total. The Balaban J connectivity index is 2.36. The summed E-state index contributed by atoms with van der Waals surface area (Å²) in [4.78, 5) is 4.15. The van der Waals surface area contributed by atoms with Crippen LogP contribution in [-0.2, 0) is 10.0 Å². The summed E-state index contributed by atoms with van der Waals surface area (Å²) in [6, 6.07) is 12.6. The number of rotatable bonds is 3. The first-order chi connectivity index (χ1) is 8.09. The highest BCUT2D eigenvalue weighted by Gasteiger charge is 2.16. The average molecular weight is 247 g/mol. The summed E-state index contributed by atoms with van der Waals surface area (Å²) in [5.41, 5.74) is 0.694. The Labute approximate surface area is 100 Å². The predicted molar refractivity (Wildman–Crippen MR) is 65.1 cm³/mol. The molecule has 17 heavy (non-hydrogen) atoms. The van der Waals surface area contributed by atoms with Crippen molar-refractivity contribution >= 4 is 15.8 Å². The quantitative estimate of drug-likeness (QED) is 0.902. The zero-order chi connectivity index (χ0) is 12.3. The Hall–Kier alpha value is -1.88. The van der Waals surface area contributed by atoms with Crippen molar-refractivity contribution in [1.29, 1.82) is 0 Å². The van der Waals surface area contributed by atoms with E-state index in [9.17, 15) is 8.42 Å². The monoisotopic (exact) mass is 247 g/mol. The first kappa shape index (κ1) is 11.6. The van der Waals surface area contributed by atoms with Gasteiger partial charge in [0.2, 0.25) is 0 Å². The van der Waals surface area contributed by atoms with Crippen molar-refractivity contribution in [3.63, 3.8) is 0 Å². The summed E-state index contributed by atoms with van der Waals surface area (Å²) in [5, 5.41) is 0. The van der Waals surface area contributed by atoms with E-state index in [0.29, 0.717) is 5.56 Å². The maximum Gasteiger partial charge on any atom is 0.263 e. The minimum absolute atomic E-state index is 0.255. The minimum atomic E-state index is -3.58. The smallest absolute Gasteiger partial charge is 0.263 e. The van der Waals surface area contributed by atoms with E-state index in [0.717, 1.165) is 0 Å². The van der Waals surface area contributed by atoms with E-state index in [1.165, 1.54) is 12.3 Å². The number of nitrogens with one attached hydrogen (secondary N) is 1. The van der Waals surface area contributed by atoms with E-state index >= 15 is 0 Å². The second-order valence-electron chi connectivity index (χ2n) is 3.51. The molecular formula is C12H11N2O2S. The van der Waals surface area contributed by atoms with Gasteiger partial charge in [-0.05, 0) is 36.8 Å². The number of aromatic nitrogens is 1. The fourth-order valence-electron chi connectivity index (χ4n) is 1.43. The number of nitrogens with zero attached hydrogens (tertiary/aromatic N) is 1. The van der Waals surface area contributed by atoms with Gasteiger partial charge in [0.05, 0.1) is 4.90 Å². The molecule has 0 unspecified atom stereocenters. The highest BCUT2D eigenvalue weighted by Crippen LogP contribution is 2.17. The van der Waals surface area contributed by atoms with Crippen molar-refractivity contribution < 1.29 is 8.42 Å². The first-order valence-electron chi connectivity index (χ1n) is 5.00. The van der Waals surface area contributed by atoms with Crippen molar-refractivity contribution in [3.8, 4) is 0 Å². The number of hydrogen-bond donors (Lipinski definition) is 1. The van der Waals surface area contributed by atoms with E-state index < -0.39 is 10.0 Å². The van der Waals surface area contributed by atoms with Crippen LogP contribution in [0.1, 0.15) is 5.56 Å². The lowest BCUT2D eigenvalue weighted by atomic mass is 10.2. The molecule has 0 aliphatic rings. The largest absolute Gasteiger partial charge is 0.263 e. The SMILES string of the molecule is Cc1ccccc1S(=O)(=O)Nc1c[c]ccn1. The van der Waals surface area contributed by atoms with Gasteiger partial charge in [0, 0.05) is 6.20 Å². The van der Waals surface area contributed by atoms with E-state index in [1.54, 1.807) is 37.3 Å².